The molecule has 0 aliphatic heterocycles. The van der Waals surface area contributed by atoms with Gasteiger partial charge in [0.2, 0.25) is 10.6 Å². The maximum absolute atomic E-state index is 5.59. The zero-order valence-electron chi connectivity index (χ0n) is 21.2. The van der Waals surface area contributed by atoms with Crippen LogP contribution in [0.3, 0.4) is 0 Å². The van der Waals surface area contributed by atoms with Gasteiger partial charge in [0.25, 0.3) is 0 Å². The van der Waals surface area contributed by atoms with Crippen LogP contribution in [0.2, 0.25) is 0 Å². The zero-order chi connectivity index (χ0) is 26.6. The van der Waals surface area contributed by atoms with Crippen LogP contribution in [0.25, 0.3) is 22.2 Å². The van der Waals surface area contributed by atoms with Gasteiger partial charge in [0.05, 0.1) is 46.0 Å². The molecule has 0 aliphatic carbocycles. The van der Waals surface area contributed by atoms with Gasteiger partial charge in [-0.3, -0.25) is 0 Å². The Morgan fingerprint density at radius 2 is 1.71 bits per heavy atom. The number of benzene rings is 3. The fourth-order valence-corrected chi connectivity index (χ4v) is 5.27. The molecule has 10 heteroatoms. The lowest BCUT2D eigenvalue weighted by Crippen LogP contribution is -2.11. The molecule has 2 heterocycles. The normalized spacial score (nSPS) is 11.9. The Morgan fingerprint density at radius 1 is 0.921 bits per heavy atom. The molecule has 0 spiro atoms. The average Bonchev–Trinajstić information content (AvgIpc) is 3.54. The van der Waals surface area contributed by atoms with E-state index in [0.717, 1.165) is 43.6 Å². The maximum atomic E-state index is 5.59. The second-order valence-electron chi connectivity index (χ2n) is 8.12. The summed E-state index contributed by atoms with van der Waals surface area (Å²) in [5, 5.41) is 7.94. The van der Waals surface area contributed by atoms with E-state index in [9.17, 15) is 0 Å². The van der Waals surface area contributed by atoms with Crippen molar-refractivity contribution in [2.24, 2.45) is 10.1 Å². The smallest absolute Gasteiger partial charge is 0.211 e. The van der Waals surface area contributed by atoms with E-state index in [2.05, 4.69) is 27.0 Å². The summed E-state index contributed by atoms with van der Waals surface area (Å²) in [5.74, 6) is 2.36. The number of ether oxygens (including phenoxy) is 4. The second kappa shape index (κ2) is 11.2. The van der Waals surface area contributed by atoms with Crippen LogP contribution in [0.15, 0.2) is 80.7 Å². The molecule has 0 atom stereocenters. The number of thiazole rings is 1. The van der Waals surface area contributed by atoms with Crippen molar-refractivity contribution in [3.05, 3.63) is 81.0 Å². The van der Waals surface area contributed by atoms with Crippen LogP contribution in [0.4, 0.5) is 5.69 Å². The van der Waals surface area contributed by atoms with Gasteiger partial charge < -0.3 is 23.9 Å². The summed E-state index contributed by atoms with van der Waals surface area (Å²) in [6, 6.07) is 17.5. The number of halogens is 1. The molecule has 0 radical (unpaired) electrons. The van der Waals surface area contributed by atoms with Crippen LogP contribution in [0, 0.1) is 0 Å². The van der Waals surface area contributed by atoms with E-state index in [-0.39, 0.29) is 0 Å². The molecule has 0 aliphatic rings. The van der Waals surface area contributed by atoms with Crippen molar-refractivity contribution in [3.63, 3.8) is 0 Å². The van der Waals surface area contributed by atoms with Crippen molar-refractivity contribution in [2.45, 2.75) is 0 Å². The zero-order valence-corrected chi connectivity index (χ0v) is 23.6. The minimum Gasteiger partial charge on any atom is -0.497 e. The largest absolute Gasteiger partial charge is 0.497 e. The molecule has 2 aromatic heterocycles. The third kappa shape index (κ3) is 5.05. The van der Waals surface area contributed by atoms with Gasteiger partial charge in [-0.05, 0) is 42.5 Å². The Morgan fingerprint density at radius 3 is 2.42 bits per heavy atom. The highest BCUT2D eigenvalue weighted by Crippen LogP contribution is 2.41. The Bertz CT molecular complexity index is 1680. The van der Waals surface area contributed by atoms with Crippen molar-refractivity contribution in [3.8, 4) is 34.3 Å². The number of aromatic amines is 1. The highest BCUT2D eigenvalue weighted by molar-refractivity contribution is 9.10. The van der Waals surface area contributed by atoms with E-state index in [0.29, 0.717) is 22.0 Å². The minimum absolute atomic E-state index is 0.523. The average molecular weight is 594 g/mol. The van der Waals surface area contributed by atoms with E-state index in [1.165, 1.54) is 11.3 Å². The number of fused-ring (bicyclic) bond motifs is 1. The predicted octanol–water partition coefficient (Wildman–Crippen LogP) is 6.61. The summed E-state index contributed by atoms with van der Waals surface area (Å²) in [4.78, 5) is 8.85. The Balaban J connectivity index is 1.70. The summed E-state index contributed by atoms with van der Waals surface area (Å²) in [6.45, 7) is 0. The third-order valence-corrected chi connectivity index (χ3v) is 7.22. The maximum Gasteiger partial charge on any atom is 0.211 e. The Labute approximate surface area is 231 Å². The lowest BCUT2D eigenvalue weighted by atomic mass is 10.1. The first-order valence-electron chi connectivity index (χ1n) is 11.5. The van der Waals surface area contributed by atoms with E-state index >= 15 is 0 Å². The van der Waals surface area contributed by atoms with E-state index < -0.39 is 0 Å². The molecule has 194 valence electrons. The molecule has 1 N–H and O–H groups in total. The van der Waals surface area contributed by atoms with Crippen molar-refractivity contribution in [1.82, 2.24) is 9.66 Å². The van der Waals surface area contributed by atoms with Gasteiger partial charge in [0, 0.05) is 44.1 Å². The second-order valence-corrected chi connectivity index (χ2v) is 9.87. The Kier molecular flexibility index (Phi) is 7.52. The van der Waals surface area contributed by atoms with Gasteiger partial charge in [-0.2, -0.15) is 5.10 Å². The number of methoxy groups -OCH3 is 4. The number of hydrogen-bond acceptors (Lipinski definition) is 7. The summed E-state index contributed by atoms with van der Waals surface area (Å²) < 4.78 is 24.9. The molecule has 0 fully saturated rings. The lowest BCUT2D eigenvalue weighted by Gasteiger charge is -2.14. The van der Waals surface area contributed by atoms with Crippen molar-refractivity contribution < 1.29 is 18.9 Å². The van der Waals surface area contributed by atoms with Crippen molar-refractivity contribution in [1.29, 1.82) is 0 Å². The number of aromatic nitrogens is 2. The fraction of sp³-hybridized carbons (Fsp3) is 0.143. The molecular formula is C28H25BrN4O4S. The van der Waals surface area contributed by atoms with E-state index in [1.54, 1.807) is 28.4 Å². The van der Waals surface area contributed by atoms with Crippen LogP contribution >= 0.6 is 27.3 Å². The number of H-pyrrole nitrogens is 1. The van der Waals surface area contributed by atoms with Gasteiger partial charge in [0.1, 0.15) is 5.75 Å². The summed E-state index contributed by atoms with van der Waals surface area (Å²) in [6.07, 6.45) is 3.76. The van der Waals surface area contributed by atoms with Gasteiger partial charge in [0.15, 0.2) is 11.5 Å². The molecule has 0 unspecified atom stereocenters. The molecule has 0 saturated carbocycles. The first-order chi connectivity index (χ1) is 18.5. The van der Waals surface area contributed by atoms with Gasteiger partial charge in [-0.25, -0.2) is 9.67 Å². The first kappa shape index (κ1) is 25.6. The number of nitrogens with zero attached hydrogens (tertiary/aromatic N) is 3. The summed E-state index contributed by atoms with van der Waals surface area (Å²) in [7, 11) is 6.41. The molecule has 5 rings (SSSR count). The van der Waals surface area contributed by atoms with Crippen molar-refractivity contribution >= 4 is 50.1 Å². The van der Waals surface area contributed by atoms with E-state index in [4.69, 9.17) is 29.0 Å². The minimum atomic E-state index is 0.523. The monoisotopic (exact) mass is 592 g/mol. The Hall–Kier alpha value is -4.02. The van der Waals surface area contributed by atoms with Crippen LogP contribution in [0.5, 0.6) is 23.0 Å². The SMILES string of the molecule is COc1cccc(N=c2scc(-c3cc(OC)c(OC)c(OC)c3)n2N=Cc2c[nH]c3ccc(Br)cc23)c1. The first-order valence-corrected chi connectivity index (χ1v) is 13.2. The quantitative estimate of drug-likeness (QED) is 0.205. The number of hydrogen-bond donors (Lipinski definition) is 1. The third-order valence-electron chi connectivity index (χ3n) is 5.91. The standard InChI is InChI=1S/C28H25BrN4O4S/c1-34-21-7-5-6-20(13-21)32-28-33(31-15-18-14-30-23-9-8-19(29)12-22(18)23)24(16-38-28)17-10-25(35-2)27(37-4)26(11-17)36-3/h5-16,30H,1-4H3. The van der Waals surface area contributed by atoms with Gasteiger partial charge >= 0.3 is 0 Å². The molecule has 8 nitrogen and oxygen atoms in total. The summed E-state index contributed by atoms with van der Waals surface area (Å²) >= 11 is 5.03. The van der Waals surface area contributed by atoms with Crippen LogP contribution in [-0.4, -0.2) is 44.3 Å². The molecule has 5 aromatic rings. The van der Waals surface area contributed by atoms with Gasteiger partial charge in [-0.1, -0.05) is 22.0 Å². The van der Waals surface area contributed by atoms with Crippen LogP contribution < -0.4 is 23.7 Å². The van der Waals surface area contributed by atoms with E-state index in [1.807, 2.05) is 71.0 Å². The van der Waals surface area contributed by atoms with Crippen LogP contribution in [-0.2, 0) is 0 Å². The summed E-state index contributed by atoms with van der Waals surface area (Å²) in [5.41, 5.74) is 4.37. The molecule has 38 heavy (non-hydrogen) atoms. The predicted molar refractivity (Wildman–Crippen MR) is 155 cm³/mol. The number of nitrogens with one attached hydrogen (secondary N) is 1. The molecule has 0 amide bonds. The highest BCUT2D eigenvalue weighted by atomic mass is 79.9. The van der Waals surface area contributed by atoms with Gasteiger partial charge in [-0.15, -0.1) is 11.3 Å². The molecular weight excluding hydrogens is 568 g/mol. The topological polar surface area (TPSA) is 82.4 Å². The van der Waals surface area contributed by atoms with Crippen LogP contribution in [0.1, 0.15) is 5.56 Å². The highest BCUT2D eigenvalue weighted by Gasteiger charge is 2.17. The molecule has 0 bridgehead atoms. The fourth-order valence-electron chi connectivity index (χ4n) is 4.05. The van der Waals surface area contributed by atoms with Crippen molar-refractivity contribution in [2.75, 3.05) is 28.4 Å². The number of rotatable bonds is 8. The molecule has 0 saturated heterocycles. The molecule has 3 aromatic carbocycles. The lowest BCUT2D eigenvalue weighted by molar-refractivity contribution is 0.324.